The predicted octanol–water partition coefficient (Wildman–Crippen LogP) is -0.299. The first kappa shape index (κ1) is 13.7. The summed E-state index contributed by atoms with van der Waals surface area (Å²) in [7, 11) is -3.66. The topological polar surface area (TPSA) is 101 Å². The number of sulfonamides is 1. The summed E-state index contributed by atoms with van der Waals surface area (Å²) in [5.41, 5.74) is 1.52. The molecule has 1 aromatic rings. The van der Waals surface area contributed by atoms with Crippen LogP contribution in [0.4, 0.5) is 0 Å². The maximum Gasteiger partial charge on any atom is 0.322 e. The van der Waals surface area contributed by atoms with Crippen LogP contribution in [0.15, 0.2) is 6.20 Å². The number of rotatable bonds is 6. The minimum Gasteiger partial charge on any atom is -0.465 e. The van der Waals surface area contributed by atoms with Gasteiger partial charge < -0.3 is 4.74 Å². The van der Waals surface area contributed by atoms with E-state index in [0.29, 0.717) is 0 Å². The van der Waals surface area contributed by atoms with Crippen LogP contribution in [-0.4, -0.2) is 36.9 Å². The second kappa shape index (κ2) is 5.78. The van der Waals surface area contributed by atoms with Gasteiger partial charge in [0.25, 0.3) is 0 Å². The molecule has 0 aliphatic rings. The number of carbonyl (C=O) groups excluding carboxylic acids is 1. The van der Waals surface area contributed by atoms with Crippen molar-refractivity contribution < 1.29 is 17.9 Å². The first-order valence-corrected chi connectivity index (χ1v) is 6.71. The number of ether oxygens (including phenoxy) is 1. The van der Waals surface area contributed by atoms with Crippen LogP contribution in [0, 0.1) is 6.92 Å². The standard InChI is InChI=1S/C9H15N3O4S/c1-3-16-9(13)6-17(14,15)11-5-8-4-10-12-7(8)2/h4,11H,3,5-6H2,1-2H3,(H,10,12). The van der Waals surface area contributed by atoms with Gasteiger partial charge in [0.2, 0.25) is 10.0 Å². The van der Waals surface area contributed by atoms with Gasteiger partial charge in [-0.25, -0.2) is 13.1 Å². The number of carbonyl (C=O) groups is 1. The summed E-state index contributed by atoms with van der Waals surface area (Å²) in [5, 5.41) is 6.45. The molecule has 0 spiro atoms. The molecule has 0 radical (unpaired) electrons. The Labute approximate surface area is 99.6 Å². The third-order valence-electron chi connectivity index (χ3n) is 2.03. The van der Waals surface area contributed by atoms with Crippen LogP contribution in [0.2, 0.25) is 0 Å². The van der Waals surface area contributed by atoms with Gasteiger partial charge in [-0.2, -0.15) is 5.10 Å². The number of nitrogens with zero attached hydrogens (tertiary/aromatic N) is 1. The van der Waals surface area contributed by atoms with Gasteiger partial charge in [-0.1, -0.05) is 0 Å². The van der Waals surface area contributed by atoms with E-state index in [1.807, 2.05) is 0 Å². The zero-order valence-electron chi connectivity index (χ0n) is 9.69. The lowest BCUT2D eigenvalue weighted by Crippen LogP contribution is -2.30. The first-order chi connectivity index (χ1) is 7.94. The van der Waals surface area contributed by atoms with Gasteiger partial charge in [0, 0.05) is 17.8 Å². The summed E-state index contributed by atoms with van der Waals surface area (Å²) in [6.07, 6.45) is 1.53. The van der Waals surface area contributed by atoms with E-state index in [1.165, 1.54) is 6.20 Å². The van der Waals surface area contributed by atoms with Crippen LogP contribution in [-0.2, 0) is 26.1 Å². The Morgan fingerprint density at radius 3 is 2.82 bits per heavy atom. The lowest BCUT2D eigenvalue weighted by atomic mass is 10.3. The highest BCUT2D eigenvalue weighted by Gasteiger charge is 2.17. The maximum atomic E-state index is 11.5. The Hall–Kier alpha value is -1.41. The smallest absolute Gasteiger partial charge is 0.322 e. The summed E-state index contributed by atoms with van der Waals surface area (Å²) in [4.78, 5) is 11.0. The molecule has 0 amide bonds. The van der Waals surface area contributed by atoms with Crippen molar-refractivity contribution in [2.75, 3.05) is 12.4 Å². The highest BCUT2D eigenvalue weighted by atomic mass is 32.2. The summed E-state index contributed by atoms with van der Waals surface area (Å²) in [6.45, 7) is 3.66. The summed E-state index contributed by atoms with van der Waals surface area (Å²) in [5.74, 6) is -1.43. The molecule has 17 heavy (non-hydrogen) atoms. The fourth-order valence-corrected chi connectivity index (χ4v) is 2.02. The van der Waals surface area contributed by atoms with Crippen molar-refractivity contribution in [3.8, 4) is 0 Å². The zero-order chi connectivity index (χ0) is 12.9. The molecule has 0 bridgehead atoms. The second-order valence-corrected chi connectivity index (χ2v) is 5.21. The number of aryl methyl sites for hydroxylation is 1. The molecule has 2 N–H and O–H groups in total. The third kappa shape index (κ3) is 4.53. The summed E-state index contributed by atoms with van der Waals surface area (Å²) in [6, 6.07) is 0. The Bertz CT molecular complexity index is 480. The fourth-order valence-electron chi connectivity index (χ4n) is 1.15. The minimum absolute atomic E-state index is 0.101. The molecule has 8 heteroatoms. The van der Waals surface area contributed by atoms with Gasteiger partial charge in [0.15, 0.2) is 5.75 Å². The van der Waals surface area contributed by atoms with Crippen LogP contribution < -0.4 is 4.72 Å². The molecule has 0 saturated heterocycles. The molecule has 0 aromatic carbocycles. The molecular weight excluding hydrogens is 246 g/mol. The van der Waals surface area contributed by atoms with Gasteiger partial charge in [-0.05, 0) is 13.8 Å². The molecule has 0 saturated carbocycles. The molecule has 0 aliphatic heterocycles. The number of hydrogen-bond acceptors (Lipinski definition) is 5. The first-order valence-electron chi connectivity index (χ1n) is 5.06. The van der Waals surface area contributed by atoms with Crippen molar-refractivity contribution in [2.24, 2.45) is 0 Å². The number of esters is 1. The molecule has 1 rings (SSSR count). The van der Waals surface area contributed by atoms with Crippen molar-refractivity contribution in [1.29, 1.82) is 0 Å². The molecule has 1 heterocycles. The van der Waals surface area contributed by atoms with E-state index in [1.54, 1.807) is 13.8 Å². The predicted molar refractivity (Wildman–Crippen MR) is 60.6 cm³/mol. The van der Waals surface area contributed by atoms with E-state index in [-0.39, 0.29) is 13.2 Å². The van der Waals surface area contributed by atoms with Gasteiger partial charge >= 0.3 is 5.97 Å². The Kier molecular flexibility index (Phi) is 4.64. The number of aromatic nitrogens is 2. The maximum absolute atomic E-state index is 11.5. The number of H-pyrrole nitrogens is 1. The van der Waals surface area contributed by atoms with E-state index in [0.717, 1.165) is 11.3 Å². The van der Waals surface area contributed by atoms with Crippen molar-refractivity contribution >= 4 is 16.0 Å². The number of aromatic amines is 1. The lowest BCUT2D eigenvalue weighted by Gasteiger charge is -2.05. The average Bonchev–Trinajstić information content (AvgIpc) is 2.60. The molecule has 7 nitrogen and oxygen atoms in total. The Morgan fingerprint density at radius 1 is 1.59 bits per heavy atom. The van der Waals surface area contributed by atoms with Crippen LogP contribution in [0.3, 0.4) is 0 Å². The highest BCUT2D eigenvalue weighted by Crippen LogP contribution is 2.02. The van der Waals surface area contributed by atoms with Crippen LogP contribution in [0.5, 0.6) is 0 Å². The van der Waals surface area contributed by atoms with Gasteiger partial charge in [-0.15, -0.1) is 0 Å². The monoisotopic (exact) mass is 261 g/mol. The molecule has 1 aromatic heterocycles. The normalized spacial score (nSPS) is 11.4. The number of nitrogens with one attached hydrogen (secondary N) is 2. The van der Waals surface area contributed by atoms with E-state index in [2.05, 4.69) is 19.7 Å². The Morgan fingerprint density at radius 2 is 2.29 bits per heavy atom. The van der Waals surface area contributed by atoms with E-state index in [9.17, 15) is 13.2 Å². The SMILES string of the molecule is CCOC(=O)CS(=O)(=O)NCc1cn[nH]c1C. The Balaban J connectivity index is 2.50. The fraction of sp³-hybridized carbons (Fsp3) is 0.556. The zero-order valence-corrected chi connectivity index (χ0v) is 10.5. The van der Waals surface area contributed by atoms with Crippen molar-refractivity contribution in [3.63, 3.8) is 0 Å². The van der Waals surface area contributed by atoms with Crippen LogP contribution >= 0.6 is 0 Å². The quantitative estimate of drug-likeness (QED) is 0.685. The van der Waals surface area contributed by atoms with Crippen LogP contribution in [0.25, 0.3) is 0 Å². The van der Waals surface area contributed by atoms with Crippen molar-refractivity contribution in [2.45, 2.75) is 20.4 Å². The molecule has 0 fully saturated rings. The van der Waals surface area contributed by atoms with Crippen molar-refractivity contribution in [1.82, 2.24) is 14.9 Å². The van der Waals surface area contributed by atoms with Gasteiger partial charge in [0.05, 0.1) is 12.8 Å². The minimum atomic E-state index is -3.66. The van der Waals surface area contributed by atoms with Crippen LogP contribution in [0.1, 0.15) is 18.2 Å². The van der Waals surface area contributed by atoms with E-state index in [4.69, 9.17) is 0 Å². The average molecular weight is 261 g/mol. The molecule has 96 valence electrons. The van der Waals surface area contributed by atoms with E-state index >= 15 is 0 Å². The van der Waals surface area contributed by atoms with E-state index < -0.39 is 21.7 Å². The summed E-state index contributed by atoms with van der Waals surface area (Å²) >= 11 is 0. The summed E-state index contributed by atoms with van der Waals surface area (Å²) < 4.78 is 29.8. The number of hydrogen-bond donors (Lipinski definition) is 2. The third-order valence-corrected chi connectivity index (χ3v) is 3.23. The second-order valence-electron chi connectivity index (χ2n) is 3.41. The van der Waals surface area contributed by atoms with Crippen molar-refractivity contribution in [3.05, 3.63) is 17.5 Å². The van der Waals surface area contributed by atoms with Gasteiger partial charge in [0.1, 0.15) is 0 Å². The van der Waals surface area contributed by atoms with Gasteiger partial charge in [-0.3, -0.25) is 9.89 Å². The molecule has 0 aliphatic carbocycles. The molecule has 0 unspecified atom stereocenters. The highest BCUT2D eigenvalue weighted by molar-refractivity contribution is 7.90. The lowest BCUT2D eigenvalue weighted by molar-refractivity contribution is -0.139. The largest absolute Gasteiger partial charge is 0.465 e. The molecular formula is C9H15N3O4S. The molecule has 0 atom stereocenters.